The average Bonchev–Trinajstić information content (AvgIpc) is 2.31. The number of nitrogens with two attached hydrogens (primary N) is 1. The number of nitrogen functional groups attached to an aromatic ring is 1. The Kier molecular flexibility index (Phi) is 3.98. The lowest BCUT2D eigenvalue weighted by Gasteiger charge is -2.07. The molecule has 0 aliphatic carbocycles. The highest BCUT2D eigenvalue weighted by Gasteiger charge is 2.09. The molecule has 0 unspecified atom stereocenters. The quantitative estimate of drug-likeness (QED) is 0.795. The molecule has 0 aliphatic heterocycles. The summed E-state index contributed by atoms with van der Waals surface area (Å²) in [7, 11) is 0. The predicted octanol–water partition coefficient (Wildman–Crippen LogP) is 3.44. The first-order chi connectivity index (χ1) is 8.56. The third-order valence-electron chi connectivity index (χ3n) is 2.20. The lowest BCUT2D eigenvalue weighted by Crippen LogP contribution is -2.12. The molecule has 4 nitrogen and oxygen atoms in total. The summed E-state index contributed by atoms with van der Waals surface area (Å²) < 4.78 is 1.49. The monoisotopic (exact) mass is 369 g/mol. The Hall–Kier alpha value is -1.40. The molecule has 92 valence electrons. The number of rotatable bonds is 2. The van der Waals surface area contributed by atoms with Crippen molar-refractivity contribution in [3.05, 3.63) is 51.2 Å². The molecule has 1 aromatic heterocycles. The molecule has 2 rings (SSSR count). The maximum Gasteiger partial charge on any atom is 0.255 e. The number of anilines is 2. The van der Waals surface area contributed by atoms with Gasteiger partial charge in [0.05, 0.1) is 10.2 Å². The molecule has 0 aliphatic rings. The fourth-order valence-corrected chi connectivity index (χ4v) is 2.27. The van der Waals surface area contributed by atoms with Crippen molar-refractivity contribution < 1.29 is 4.79 Å². The first kappa shape index (κ1) is 13.0. The van der Waals surface area contributed by atoms with E-state index in [0.29, 0.717) is 16.9 Å². The highest BCUT2D eigenvalue weighted by molar-refractivity contribution is 9.10. The van der Waals surface area contributed by atoms with Crippen LogP contribution in [0.5, 0.6) is 0 Å². The van der Waals surface area contributed by atoms with Crippen LogP contribution in [0.1, 0.15) is 10.4 Å². The molecule has 0 atom stereocenters. The van der Waals surface area contributed by atoms with Crippen molar-refractivity contribution in [2.75, 3.05) is 11.1 Å². The number of carbonyl (C=O) groups is 1. The SMILES string of the molecule is Nc1cc(Br)cc(C(=O)Nc2ccncc2Br)c1. The Morgan fingerprint density at radius 3 is 2.72 bits per heavy atom. The summed E-state index contributed by atoms with van der Waals surface area (Å²) in [6.07, 6.45) is 3.22. The molecule has 6 heteroatoms. The van der Waals surface area contributed by atoms with E-state index >= 15 is 0 Å². The molecule has 0 spiro atoms. The number of benzene rings is 1. The summed E-state index contributed by atoms with van der Waals surface area (Å²) in [5.74, 6) is -0.227. The molecule has 0 bridgehead atoms. The zero-order chi connectivity index (χ0) is 13.1. The summed E-state index contributed by atoms with van der Waals surface area (Å²) in [5.41, 5.74) is 7.37. The van der Waals surface area contributed by atoms with Gasteiger partial charge in [-0.15, -0.1) is 0 Å². The van der Waals surface area contributed by atoms with Crippen LogP contribution in [0.3, 0.4) is 0 Å². The number of halogens is 2. The molecule has 1 aromatic carbocycles. The molecule has 0 saturated carbocycles. The molecule has 0 radical (unpaired) electrons. The molecular weight excluding hydrogens is 362 g/mol. The van der Waals surface area contributed by atoms with Crippen LogP contribution < -0.4 is 11.1 Å². The number of carbonyl (C=O) groups excluding carboxylic acids is 1. The number of pyridine rings is 1. The van der Waals surface area contributed by atoms with Gasteiger partial charge in [-0.3, -0.25) is 9.78 Å². The zero-order valence-electron chi connectivity index (χ0n) is 9.15. The smallest absolute Gasteiger partial charge is 0.255 e. The average molecular weight is 371 g/mol. The topological polar surface area (TPSA) is 68.0 Å². The standard InChI is InChI=1S/C12H9Br2N3O/c13-8-3-7(4-9(15)5-8)12(18)17-11-1-2-16-6-10(11)14/h1-6H,15H2,(H,16,17,18). The van der Waals surface area contributed by atoms with E-state index in [-0.39, 0.29) is 5.91 Å². The van der Waals surface area contributed by atoms with Gasteiger partial charge in [0.1, 0.15) is 0 Å². The van der Waals surface area contributed by atoms with Crippen molar-refractivity contribution in [2.24, 2.45) is 0 Å². The van der Waals surface area contributed by atoms with E-state index in [1.165, 1.54) is 0 Å². The highest BCUT2D eigenvalue weighted by Crippen LogP contribution is 2.22. The van der Waals surface area contributed by atoms with Crippen molar-refractivity contribution in [3.8, 4) is 0 Å². The van der Waals surface area contributed by atoms with Gasteiger partial charge in [0.2, 0.25) is 0 Å². The van der Waals surface area contributed by atoms with Crippen LogP contribution in [-0.2, 0) is 0 Å². The van der Waals surface area contributed by atoms with E-state index in [9.17, 15) is 4.79 Å². The number of nitrogens with one attached hydrogen (secondary N) is 1. The van der Waals surface area contributed by atoms with Crippen molar-refractivity contribution in [2.45, 2.75) is 0 Å². The number of amides is 1. The molecular formula is C12H9Br2N3O. The predicted molar refractivity (Wildman–Crippen MR) is 78.4 cm³/mol. The van der Waals surface area contributed by atoms with Gasteiger partial charge in [-0.25, -0.2) is 0 Å². The van der Waals surface area contributed by atoms with E-state index < -0.39 is 0 Å². The van der Waals surface area contributed by atoms with Gasteiger partial charge < -0.3 is 11.1 Å². The summed E-state index contributed by atoms with van der Waals surface area (Å²) >= 11 is 6.62. The minimum absolute atomic E-state index is 0.227. The second-order valence-corrected chi connectivity index (χ2v) is 5.35. The first-order valence-corrected chi connectivity index (χ1v) is 6.62. The summed E-state index contributed by atoms with van der Waals surface area (Å²) in [5, 5.41) is 2.78. The van der Waals surface area contributed by atoms with E-state index in [1.54, 1.807) is 36.7 Å². The fraction of sp³-hybridized carbons (Fsp3) is 0. The summed E-state index contributed by atoms with van der Waals surface area (Å²) in [6.45, 7) is 0. The molecule has 2 aromatic rings. The maximum atomic E-state index is 12.0. The van der Waals surface area contributed by atoms with E-state index in [0.717, 1.165) is 8.95 Å². The highest BCUT2D eigenvalue weighted by atomic mass is 79.9. The zero-order valence-corrected chi connectivity index (χ0v) is 12.3. The van der Waals surface area contributed by atoms with Gasteiger partial charge in [0.15, 0.2) is 0 Å². The normalized spacial score (nSPS) is 10.1. The van der Waals surface area contributed by atoms with E-state index in [4.69, 9.17) is 5.73 Å². The fourth-order valence-electron chi connectivity index (χ4n) is 1.41. The number of hydrogen-bond acceptors (Lipinski definition) is 3. The van der Waals surface area contributed by atoms with Crippen LogP contribution >= 0.6 is 31.9 Å². The second kappa shape index (κ2) is 5.49. The maximum absolute atomic E-state index is 12.0. The molecule has 0 fully saturated rings. The van der Waals surface area contributed by atoms with Crippen molar-refractivity contribution in [1.29, 1.82) is 0 Å². The van der Waals surface area contributed by atoms with Crippen LogP contribution in [0.4, 0.5) is 11.4 Å². The van der Waals surface area contributed by atoms with Crippen molar-refractivity contribution in [1.82, 2.24) is 4.98 Å². The number of nitrogens with zero attached hydrogens (tertiary/aromatic N) is 1. The summed E-state index contributed by atoms with van der Waals surface area (Å²) in [4.78, 5) is 16.0. The van der Waals surface area contributed by atoms with Crippen molar-refractivity contribution >= 4 is 49.1 Å². The number of aromatic nitrogens is 1. The third kappa shape index (κ3) is 3.08. The minimum atomic E-state index is -0.227. The largest absolute Gasteiger partial charge is 0.399 e. The van der Waals surface area contributed by atoms with Crippen LogP contribution in [0.25, 0.3) is 0 Å². The van der Waals surface area contributed by atoms with Gasteiger partial charge in [-0.05, 0) is 40.2 Å². The van der Waals surface area contributed by atoms with E-state index in [2.05, 4.69) is 42.2 Å². The molecule has 1 amide bonds. The van der Waals surface area contributed by atoms with E-state index in [1.807, 2.05) is 0 Å². The molecule has 0 saturated heterocycles. The first-order valence-electron chi connectivity index (χ1n) is 5.03. The van der Waals surface area contributed by atoms with Gasteiger partial charge in [-0.2, -0.15) is 0 Å². The third-order valence-corrected chi connectivity index (χ3v) is 3.29. The Morgan fingerprint density at radius 1 is 1.28 bits per heavy atom. The Balaban J connectivity index is 2.25. The van der Waals surface area contributed by atoms with Crippen LogP contribution in [-0.4, -0.2) is 10.9 Å². The van der Waals surface area contributed by atoms with Crippen LogP contribution in [0, 0.1) is 0 Å². The van der Waals surface area contributed by atoms with Gasteiger partial charge in [0, 0.05) is 28.1 Å². The summed E-state index contributed by atoms with van der Waals surface area (Å²) in [6, 6.07) is 6.78. The molecule has 1 heterocycles. The second-order valence-electron chi connectivity index (χ2n) is 3.58. The van der Waals surface area contributed by atoms with Crippen molar-refractivity contribution in [3.63, 3.8) is 0 Å². The van der Waals surface area contributed by atoms with Crippen LogP contribution in [0.15, 0.2) is 45.6 Å². The van der Waals surface area contributed by atoms with Gasteiger partial charge in [-0.1, -0.05) is 15.9 Å². The Bertz CT molecular complexity index is 581. The minimum Gasteiger partial charge on any atom is -0.399 e. The Morgan fingerprint density at radius 2 is 2.06 bits per heavy atom. The van der Waals surface area contributed by atoms with Gasteiger partial charge >= 0.3 is 0 Å². The molecule has 18 heavy (non-hydrogen) atoms. The van der Waals surface area contributed by atoms with Crippen LogP contribution in [0.2, 0.25) is 0 Å². The lowest BCUT2D eigenvalue weighted by atomic mass is 10.2. The number of hydrogen-bond donors (Lipinski definition) is 2. The molecule has 3 N–H and O–H groups in total. The lowest BCUT2D eigenvalue weighted by molar-refractivity contribution is 0.102. The van der Waals surface area contributed by atoms with Gasteiger partial charge in [0.25, 0.3) is 5.91 Å². The Labute approximate surface area is 121 Å².